The van der Waals surface area contributed by atoms with E-state index in [2.05, 4.69) is 36.7 Å². The molecule has 0 radical (unpaired) electrons. The van der Waals surface area contributed by atoms with Gasteiger partial charge in [0.1, 0.15) is 0 Å². The highest BCUT2D eigenvalue weighted by molar-refractivity contribution is 7.80. The maximum atomic E-state index is 5.35. The first-order valence-electron chi connectivity index (χ1n) is 5.47. The molecule has 1 heterocycles. The van der Waals surface area contributed by atoms with Gasteiger partial charge in [0, 0.05) is 6.54 Å². The van der Waals surface area contributed by atoms with Gasteiger partial charge in [-0.1, -0.05) is 6.07 Å². The van der Waals surface area contributed by atoms with Crippen LogP contribution in [0.5, 0.6) is 11.5 Å². The lowest BCUT2D eigenvalue weighted by Crippen LogP contribution is -2.19. The van der Waals surface area contributed by atoms with Gasteiger partial charge in [0.05, 0.1) is 0 Å². The van der Waals surface area contributed by atoms with Gasteiger partial charge in [0.2, 0.25) is 6.79 Å². The largest absolute Gasteiger partial charge is 0.454 e. The van der Waals surface area contributed by atoms with Crippen LogP contribution >= 0.6 is 12.6 Å². The molecule has 2 rings (SSSR count). The lowest BCUT2D eigenvalue weighted by molar-refractivity contribution is 0.174. The van der Waals surface area contributed by atoms with Gasteiger partial charge in [-0.3, -0.25) is 0 Å². The van der Waals surface area contributed by atoms with Gasteiger partial charge in [0.15, 0.2) is 11.5 Å². The van der Waals surface area contributed by atoms with Gasteiger partial charge in [-0.05, 0) is 43.5 Å². The summed E-state index contributed by atoms with van der Waals surface area (Å²) in [6.45, 7) is 2.34. The van der Waals surface area contributed by atoms with Gasteiger partial charge >= 0.3 is 0 Å². The maximum absolute atomic E-state index is 5.35. The molecule has 0 spiro atoms. The molecule has 0 unspecified atom stereocenters. The van der Waals surface area contributed by atoms with Crippen molar-refractivity contribution in [2.75, 3.05) is 26.1 Å². The molecule has 0 amide bonds. The normalized spacial score (nSPS) is 13.4. The van der Waals surface area contributed by atoms with E-state index in [0.29, 0.717) is 6.79 Å². The van der Waals surface area contributed by atoms with E-state index >= 15 is 0 Å². The van der Waals surface area contributed by atoms with E-state index < -0.39 is 0 Å². The molecule has 3 nitrogen and oxygen atoms in total. The highest BCUT2D eigenvalue weighted by Gasteiger charge is 2.13. The highest BCUT2D eigenvalue weighted by Crippen LogP contribution is 2.32. The summed E-state index contributed by atoms with van der Waals surface area (Å²) < 4.78 is 10.6. The maximum Gasteiger partial charge on any atom is 0.231 e. The summed E-state index contributed by atoms with van der Waals surface area (Å²) in [5.41, 5.74) is 1.26. The molecule has 88 valence electrons. The van der Waals surface area contributed by atoms with Crippen LogP contribution in [0.3, 0.4) is 0 Å². The van der Waals surface area contributed by atoms with Crippen LogP contribution < -0.4 is 9.47 Å². The lowest BCUT2D eigenvalue weighted by Gasteiger charge is -2.16. The minimum absolute atomic E-state index is 0.342. The quantitative estimate of drug-likeness (QED) is 0.796. The molecule has 0 fully saturated rings. The molecule has 4 heteroatoms. The number of thiol groups is 1. The number of rotatable bonds is 5. The van der Waals surface area contributed by atoms with Crippen LogP contribution in [0.2, 0.25) is 0 Å². The van der Waals surface area contributed by atoms with Gasteiger partial charge in [-0.25, -0.2) is 0 Å². The monoisotopic (exact) mass is 239 g/mol. The third kappa shape index (κ3) is 2.83. The van der Waals surface area contributed by atoms with Crippen LogP contribution in [-0.2, 0) is 6.54 Å². The van der Waals surface area contributed by atoms with E-state index in [1.54, 1.807) is 0 Å². The molecule has 1 aromatic carbocycles. The molecule has 0 bridgehead atoms. The second kappa shape index (κ2) is 5.46. The van der Waals surface area contributed by atoms with E-state index in [9.17, 15) is 0 Å². The van der Waals surface area contributed by atoms with Crippen molar-refractivity contribution in [1.29, 1.82) is 0 Å². The summed E-state index contributed by atoms with van der Waals surface area (Å²) in [4.78, 5) is 2.29. The van der Waals surface area contributed by atoms with Gasteiger partial charge < -0.3 is 14.4 Å². The third-order valence-electron chi connectivity index (χ3n) is 2.59. The Morgan fingerprint density at radius 2 is 2.12 bits per heavy atom. The Balaban J connectivity index is 1.94. The topological polar surface area (TPSA) is 21.7 Å². The molecule has 0 aliphatic carbocycles. The van der Waals surface area contributed by atoms with Crippen molar-refractivity contribution in [1.82, 2.24) is 4.90 Å². The van der Waals surface area contributed by atoms with E-state index in [0.717, 1.165) is 36.8 Å². The number of hydrogen-bond donors (Lipinski definition) is 1. The average Bonchev–Trinajstić information content (AvgIpc) is 2.73. The first-order chi connectivity index (χ1) is 7.79. The van der Waals surface area contributed by atoms with Crippen molar-refractivity contribution in [2.24, 2.45) is 0 Å². The summed E-state index contributed by atoms with van der Waals surface area (Å²) >= 11 is 4.21. The zero-order valence-corrected chi connectivity index (χ0v) is 10.4. The summed E-state index contributed by atoms with van der Waals surface area (Å²) in [5, 5.41) is 0. The van der Waals surface area contributed by atoms with Gasteiger partial charge in [-0.2, -0.15) is 12.6 Å². The molecule has 16 heavy (non-hydrogen) atoms. The number of nitrogens with zero attached hydrogens (tertiary/aromatic N) is 1. The first-order valence-corrected chi connectivity index (χ1v) is 6.11. The average molecular weight is 239 g/mol. The van der Waals surface area contributed by atoms with E-state index in [1.165, 1.54) is 5.56 Å². The highest BCUT2D eigenvalue weighted by atomic mass is 32.1. The van der Waals surface area contributed by atoms with Crippen molar-refractivity contribution in [3.8, 4) is 11.5 Å². The second-order valence-electron chi connectivity index (χ2n) is 4.00. The third-order valence-corrected chi connectivity index (χ3v) is 2.90. The Labute approximate surface area is 102 Å². The first kappa shape index (κ1) is 11.6. The van der Waals surface area contributed by atoms with Crippen LogP contribution in [0.1, 0.15) is 12.0 Å². The molecule has 0 N–H and O–H groups in total. The van der Waals surface area contributed by atoms with E-state index in [1.807, 2.05) is 6.07 Å². The Kier molecular flexibility index (Phi) is 3.96. The standard InChI is InChI=1S/C12H17NO2S/c1-13(5-2-6-16)8-10-3-4-11-12(7-10)15-9-14-11/h3-4,7,16H,2,5-6,8-9H2,1H3. The van der Waals surface area contributed by atoms with Crippen LogP contribution in [-0.4, -0.2) is 31.0 Å². The molecule has 0 atom stereocenters. The minimum Gasteiger partial charge on any atom is -0.454 e. The summed E-state index contributed by atoms with van der Waals surface area (Å²) in [7, 11) is 2.12. The van der Waals surface area contributed by atoms with Crippen LogP contribution in [0.25, 0.3) is 0 Å². The molecular formula is C12H17NO2S. The summed E-state index contributed by atoms with van der Waals surface area (Å²) in [6.07, 6.45) is 1.12. The predicted molar refractivity (Wildman–Crippen MR) is 67.4 cm³/mol. The molecular weight excluding hydrogens is 222 g/mol. The smallest absolute Gasteiger partial charge is 0.231 e. The second-order valence-corrected chi connectivity index (χ2v) is 4.45. The zero-order valence-electron chi connectivity index (χ0n) is 9.48. The van der Waals surface area contributed by atoms with Crippen molar-refractivity contribution in [3.63, 3.8) is 0 Å². The molecule has 0 saturated carbocycles. The van der Waals surface area contributed by atoms with Crippen LogP contribution in [0.15, 0.2) is 18.2 Å². The van der Waals surface area contributed by atoms with Gasteiger partial charge in [0.25, 0.3) is 0 Å². The number of fused-ring (bicyclic) bond motifs is 1. The van der Waals surface area contributed by atoms with E-state index in [4.69, 9.17) is 9.47 Å². The Hall–Kier alpha value is -0.870. The van der Waals surface area contributed by atoms with Crippen molar-refractivity contribution in [3.05, 3.63) is 23.8 Å². The fourth-order valence-electron chi connectivity index (χ4n) is 1.77. The van der Waals surface area contributed by atoms with Crippen molar-refractivity contribution in [2.45, 2.75) is 13.0 Å². The Morgan fingerprint density at radius 3 is 2.94 bits per heavy atom. The lowest BCUT2D eigenvalue weighted by atomic mass is 10.2. The number of ether oxygens (including phenoxy) is 2. The van der Waals surface area contributed by atoms with Gasteiger partial charge in [-0.15, -0.1) is 0 Å². The van der Waals surface area contributed by atoms with Crippen molar-refractivity contribution < 1.29 is 9.47 Å². The fourth-order valence-corrected chi connectivity index (χ4v) is 1.91. The molecule has 1 aliphatic heterocycles. The summed E-state index contributed by atoms with van der Waals surface area (Å²) in [6, 6.07) is 6.12. The molecule has 1 aliphatic rings. The molecule has 1 aromatic rings. The molecule has 0 aromatic heterocycles. The molecule has 0 saturated heterocycles. The number of hydrogen-bond acceptors (Lipinski definition) is 4. The van der Waals surface area contributed by atoms with Crippen LogP contribution in [0, 0.1) is 0 Å². The Morgan fingerprint density at radius 1 is 1.31 bits per heavy atom. The predicted octanol–water partition coefficient (Wildman–Crippen LogP) is 2.17. The zero-order chi connectivity index (χ0) is 11.4. The SMILES string of the molecule is CN(CCCS)Cc1ccc2c(c1)OCO2. The fraction of sp³-hybridized carbons (Fsp3) is 0.500. The minimum atomic E-state index is 0.342. The summed E-state index contributed by atoms with van der Waals surface area (Å²) in [5.74, 6) is 2.65. The van der Waals surface area contributed by atoms with Crippen molar-refractivity contribution >= 4 is 12.6 Å². The van der Waals surface area contributed by atoms with Crippen LogP contribution in [0.4, 0.5) is 0 Å². The number of benzene rings is 1. The van der Waals surface area contributed by atoms with E-state index in [-0.39, 0.29) is 0 Å². The Bertz CT molecular complexity index is 357.